The van der Waals surface area contributed by atoms with Crippen molar-refractivity contribution in [1.82, 2.24) is 9.55 Å². The molecule has 1 aromatic heterocycles. The fourth-order valence-corrected chi connectivity index (χ4v) is 2.21. The molecule has 0 radical (unpaired) electrons. The van der Waals surface area contributed by atoms with Crippen molar-refractivity contribution in [3.63, 3.8) is 0 Å². The molecule has 0 fully saturated rings. The minimum atomic E-state index is -0.912. The van der Waals surface area contributed by atoms with Crippen LogP contribution in [-0.2, 0) is 0 Å². The molecule has 0 spiro atoms. The summed E-state index contributed by atoms with van der Waals surface area (Å²) in [6.07, 6.45) is 1.76. The molecule has 0 aliphatic heterocycles. The van der Waals surface area contributed by atoms with Crippen LogP contribution < -0.4 is 0 Å². The molecule has 4 nitrogen and oxygen atoms in total. The molecule has 0 saturated heterocycles. The number of nitrogens with zero attached hydrogens (tertiary/aromatic N) is 2. The molecule has 0 aliphatic rings. The van der Waals surface area contributed by atoms with Crippen molar-refractivity contribution in [1.29, 1.82) is 0 Å². The van der Waals surface area contributed by atoms with Crippen molar-refractivity contribution in [2.75, 3.05) is 0 Å². The van der Waals surface area contributed by atoms with Gasteiger partial charge in [-0.1, -0.05) is 12.1 Å². The summed E-state index contributed by atoms with van der Waals surface area (Å²) < 4.78 is 1.97. The van der Waals surface area contributed by atoms with Gasteiger partial charge in [0.25, 0.3) is 0 Å². The number of para-hydroxylation sites is 2. The van der Waals surface area contributed by atoms with Gasteiger partial charge in [-0.25, -0.2) is 9.78 Å². The lowest BCUT2D eigenvalue weighted by Crippen LogP contribution is -2.00. The number of aromatic carboxylic acids is 1. The maximum atomic E-state index is 10.9. The monoisotopic (exact) mass is 252 g/mol. The fourth-order valence-electron chi connectivity index (χ4n) is 2.21. The Labute approximate surface area is 109 Å². The van der Waals surface area contributed by atoms with E-state index in [0.717, 1.165) is 22.3 Å². The first-order chi connectivity index (χ1) is 9.16. The van der Waals surface area contributed by atoms with Crippen LogP contribution in [0.3, 0.4) is 0 Å². The summed E-state index contributed by atoms with van der Waals surface area (Å²) in [5, 5.41) is 8.98. The summed E-state index contributed by atoms with van der Waals surface area (Å²) in [6.45, 7) is 1.90. The Kier molecular flexibility index (Phi) is 2.56. The largest absolute Gasteiger partial charge is 0.478 e. The lowest BCUT2D eigenvalue weighted by Gasteiger charge is -2.09. The second kappa shape index (κ2) is 4.24. The van der Waals surface area contributed by atoms with Gasteiger partial charge in [0.05, 0.1) is 22.3 Å². The normalized spacial score (nSPS) is 10.8. The molecule has 3 rings (SSSR count). The SMILES string of the molecule is Cc1cc(C(=O)O)ccc1-n1cnc2ccccc21. The quantitative estimate of drug-likeness (QED) is 0.762. The van der Waals surface area contributed by atoms with E-state index in [0.29, 0.717) is 5.56 Å². The van der Waals surface area contributed by atoms with Gasteiger partial charge in [-0.15, -0.1) is 0 Å². The number of carbonyl (C=O) groups is 1. The average Bonchev–Trinajstić information content (AvgIpc) is 2.82. The number of benzene rings is 2. The third-order valence-electron chi connectivity index (χ3n) is 3.16. The molecule has 4 heteroatoms. The van der Waals surface area contributed by atoms with Crippen LogP contribution in [0.25, 0.3) is 16.7 Å². The maximum Gasteiger partial charge on any atom is 0.335 e. The Morgan fingerprint density at radius 2 is 2.00 bits per heavy atom. The zero-order chi connectivity index (χ0) is 13.4. The molecule has 0 aliphatic carbocycles. The number of rotatable bonds is 2. The predicted molar refractivity (Wildman–Crippen MR) is 72.8 cm³/mol. The van der Waals surface area contributed by atoms with Crippen LogP contribution >= 0.6 is 0 Å². The van der Waals surface area contributed by atoms with Crippen molar-refractivity contribution in [3.8, 4) is 5.69 Å². The van der Waals surface area contributed by atoms with Crippen molar-refractivity contribution < 1.29 is 9.90 Å². The first-order valence-electron chi connectivity index (χ1n) is 5.93. The molecule has 2 aromatic carbocycles. The van der Waals surface area contributed by atoms with Gasteiger partial charge in [-0.2, -0.15) is 0 Å². The third kappa shape index (κ3) is 1.87. The number of hydrogen-bond acceptors (Lipinski definition) is 2. The number of carboxylic acid groups (broad SMARTS) is 1. The highest BCUT2D eigenvalue weighted by Crippen LogP contribution is 2.21. The smallest absolute Gasteiger partial charge is 0.335 e. The summed E-state index contributed by atoms with van der Waals surface area (Å²) in [5.41, 5.74) is 4.07. The molecule has 1 N–H and O–H groups in total. The van der Waals surface area contributed by atoms with E-state index in [-0.39, 0.29) is 0 Å². The molecule has 0 bridgehead atoms. The Balaban J connectivity index is 2.19. The van der Waals surface area contributed by atoms with Gasteiger partial charge in [0.1, 0.15) is 6.33 Å². The van der Waals surface area contributed by atoms with E-state index < -0.39 is 5.97 Å². The Hall–Kier alpha value is -2.62. The van der Waals surface area contributed by atoms with Crippen molar-refractivity contribution in [3.05, 3.63) is 59.9 Å². The fraction of sp³-hybridized carbons (Fsp3) is 0.0667. The van der Waals surface area contributed by atoms with Crippen molar-refractivity contribution in [2.45, 2.75) is 6.92 Å². The first kappa shape index (κ1) is 11.5. The molecular formula is C15H12N2O2. The second-order valence-electron chi connectivity index (χ2n) is 4.41. The van der Waals surface area contributed by atoms with Gasteiger partial charge in [-0.3, -0.25) is 4.57 Å². The highest BCUT2D eigenvalue weighted by Gasteiger charge is 2.09. The zero-order valence-corrected chi connectivity index (χ0v) is 10.4. The highest BCUT2D eigenvalue weighted by molar-refractivity contribution is 5.88. The molecule has 0 amide bonds. The number of fused-ring (bicyclic) bond motifs is 1. The lowest BCUT2D eigenvalue weighted by atomic mass is 10.1. The Morgan fingerprint density at radius 3 is 2.74 bits per heavy atom. The summed E-state index contributed by atoms with van der Waals surface area (Å²) in [7, 11) is 0. The average molecular weight is 252 g/mol. The van der Waals surface area contributed by atoms with Gasteiger partial charge in [0.2, 0.25) is 0 Å². The van der Waals surface area contributed by atoms with Gasteiger partial charge in [-0.05, 0) is 42.8 Å². The van der Waals surface area contributed by atoms with E-state index in [1.807, 2.05) is 41.8 Å². The molecule has 1 heterocycles. The van der Waals surface area contributed by atoms with Gasteiger partial charge in [0, 0.05) is 0 Å². The first-order valence-corrected chi connectivity index (χ1v) is 5.93. The van der Waals surface area contributed by atoms with Crippen LogP contribution in [0.5, 0.6) is 0 Å². The summed E-state index contributed by atoms with van der Waals surface area (Å²) in [6, 6.07) is 12.9. The number of carboxylic acids is 1. The van der Waals surface area contributed by atoms with E-state index in [1.54, 1.807) is 18.5 Å². The molecule has 94 valence electrons. The highest BCUT2D eigenvalue weighted by atomic mass is 16.4. The summed E-state index contributed by atoms with van der Waals surface area (Å²) in [5.74, 6) is -0.912. The van der Waals surface area contributed by atoms with Crippen LogP contribution in [-0.4, -0.2) is 20.6 Å². The van der Waals surface area contributed by atoms with E-state index >= 15 is 0 Å². The lowest BCUT2D eigenvalue weighted by molar-refractivity contribution is 0.0697. The number of aryl methyl sites for hydroxylation is 1. The van der Waals surface area contributed by atoms with Crippen LogP contribution in [0, 0.1) is 6.92 Å². The van der Waals surface area contributed by atoms with Gasteiger partial charge < -0.3 is 5.11 Å². The molecule has 3 aromatic rings. The number of imidazole rings is 1. The van der Waals surface area contributed by atoms with Crippen LogP contribution in [0.1, 0.15) is 15.9 Å². The molecule has 0 unspecified atom stereocenters. The standard InChI is InChI=1S/C15H12N2O2/c1-10-8-11(15(18)19)6-7-13(10)17-9-16-12-4-2-3-5-14(12)17/h2-9H,1H3,(H,18,19). The summed E-state index contributed by atoms with van der Waals surface area (Å²) in [4.78, 5) is 15.3. The third-order valence-corrected chi connectivity index (χ3v) is 3.16. The van der Waals surface area contributed by atoms with E-state index in [9.17, 15) is 4.79 Å². The maximum absolute atomic E-state index is 10.9. The molecular weight excluding hydrogens is 240 g/mol. The zero-order valence-electron chi connectivity index (χ0n) is 10.4. The minimum absolute atomic E-state index is 0.297. The number of hydrogen-bond donors (Lipinski definition) is 1. The van der Waals surface area contributed by atoms with Crippen LogP contribution in [0.4, 0.5) is 0 Å². The number of aromatic nitrogens is 2. The summed E-state index contributed by atoms with van der Waals surface area (Å²) >= 11 is 0. The predicted octanol–water partition coefficient (Wildman–Crippen LogP) is 3.03. The Bertz CT molecular complexity index is 775. The topological polar surface area (TPSA) is 55.1 Å². The van der Waals surface area contributed by atoms with Gasteiger partial charge in [0.15, 0.2) is 0 Å². The molecule has 0 atom stereocenters. The van der Waals surface area contributed by atoms with E-state index in [1.165, 1.54) is 0 Å². The van der Waals surface area contributed by atoms with Gasteiger partial charge >= 0.3 is 5.97 Å². The molecule has 19 heavy (non-hydrogen) atoms. The van der Waals surface area contributed by atoms with Crippen molar-refractivity contribution >= 4 is 17.0 Å². The molecule has 0 saturated carbocycles. The van der Waals surface area contributed by atoms with Crippen LogP contribution in [0.15, 0.2) is 48.8 Å². The second-order valence-corrected chi connectivity index (χ2v) is 4.41. The van der Waals surface area contributed by atoms with Crippen molar-refractivity contribution in [2.24, 2.45) is 0 Å². The van der Waals surface area contributed by atoms with Crippen LogP contribution in [0.2, 0.25) is 0 Å². The Morgan fingerprint density at radius 1 is 1.21 bits per heavy atom. The van der Waals surface area contributed by atoms with E-state index in [4.69, 9.17) is 5.11 Å². The minimum Gasteiger partial charge on any atom is -0.478 e. The van der Waals surface area contributed by atoms with E-state index in [2.05, 4.69) is 4.98 Å².